The smallest absolute Gasteiger partial charge is 0.347 e. The van der Waals surface area contributed by atoms with Gasteiger partial charge in [-0.15, -0.1) is 0 Å². The molecule has 0 aliphatic carbocycles. The van der Waals surface area contributed by atoms with Gasteiger partial charge in [-0.3, -0.25) is 14.2 Å². The van der Waals surface area contributed by atoms with Crippen LogP contribution in [0, 0.1) is 5.41 Å². The minimum absolute atomic E-state index is 0.0131. The Balaban J connectivity index is 1.64. The predicted molar refractivity (Wildman–Crippen MR) is 99.1 cm³/mol. The van der Waals surface area contributed by atoms with Gasteiger partial charge in [-0.05, 0) is 31.7 Å². The number of ether oxygens (including phenoxy) is 1. The lowest BCUT2D eigenvalue weighted by atomic mass is 9.73. The maximum Gasteiger partial charge on any atom is 0.347 e. The second kappa shape index (κ2) is 8.65. The summed E-state index contributed by atoms with van der Waals surface area (Å²) in [6.07, 6.45) is 7.15. The predicted octanol–water partition coefficient (Wildman–Crippen LogP) is 0.511. The molecule has 3 heterocycles. The second-order valence-corrected chi connectivity index (χ2v) is 7.61. The van der Waals surface area contributed by atoms with Crippen molar-refractivity contribution in [3.63, 3.8) is 0 Å². The van der Waals surface area contributed by atoms with Crippen LogP contribution in [-0.4, -0.2) is 71.1 Å². The van der Waals surface area contributed by atoms with Gasteiger partial charge in [0.1, 0.15) is 6.54 Å². The molecule has 0 saturated carbocycles. The van der Waals surface area contributed by atoms with Crippen LogP contribution < -0.4 is 5.69 Å². The lowest BCUT2D eigenvalue weighted by Crippen LogP contribution is -2.55. The van der Waals surface area contributed by atoms with E-state index in [2.05, 4.69) is 4.98 Å². The normalized spacial score (nSPS) is 23.1. The number of hydrogen-bond acceptors (Lipinski definition) is 5. The molecular weight excluding hydrogens is 348 g/mol. The van der Waals surface area contributed by atoms with Crippen LogP contribution in [0.15, 0.2) is 23.3 Å². The number of aromatic nitrogens is 2. The van der Waals surface area contributed by atoms with Gasteiger partial charge in [0.2, 0.25) is 11.8 Å². The summed E-state index contributed by atoms with van der Waals surface area (Å²) in [4.78, 5) is 44.3. The van der Waals surface area contributed by atoms with E-state index in [-0.39, 0.29) is 23.8 Å². The second-order valence-electron chi connectivity index (χ2n) is 7.61. The molecule has 1 unspecified atom stereocenters. The molecule has 2 fully saturated rings. The fourth-order valence-electron chi connectivity index (χ4n) is 4.21. The molecule has 2 aliphatic rings. The minimum atomic E-state index is -0.412. The van der Waals surface area contributed by atoms with E-state index in [0.717, 1.165) is 25.7 Å². The highest BCUT2D eigenvalue weighted by molar-refractivity contribution is 5.78. The average molecular weight is 376 g/mol. The SMILES string of the molecule is COCCCN1CC2(CCCN(C(=O)Cn3cccnc3=O)C2)CCC1=O. The first-order valence-corrected chi connectivity index (χ1v) is 9.59. The summed E-state index contributed by atoms with van der Waals surface area (Å²) in [5.74, 6) is 0.133. The van der Waals surface area contributed by atoms with E-state index in [0.29, 0.717) is 39.2 Å². The van der Waals surface area contributed by atoms with Gasteiger partial charge in [-0.2, -0.15) is 0 Å². The molecule has 0 N–H and O–H groups in total. The molecule has 2 aliphatic heterocycles. The highest BCUT2D eigenvalue weighted by atomic mass is 16.5. The monoisotopic (exact) mass is 376 g/mol. The van der Waals surface area contributed by atoms with E-state index in [9.17, 15) is 14.4 Å². The van der Waals surface area contributed by atoms with Crippen molar-refractivity contribution >= 4 is 11.8 Å². The Morgan fingerprint density at radius 3 is 2.93 bits per heavy atom. The highest BCUT2D eigenvalue weighted by Gasteiger charge is 2.42. The lowest BCUT2D eigenvalue weighted by molar-refractivity contribution is -0.143. The van der Waals surface area contributed by atoms with Crippen molar-refractivity contribution in [2.24, 2.45) is 5.41 Å². The van der Waals surface area contributed by atoms with Gasteiger partial charge in [-0.1, -0.05) is 0 Å². The Morgan fingerprint density at radius 2 is 2.15 bits per heavy atom. The number of carbonyl (C=O) groups excluding carboxylic acids is 2. The molecular formula is C19H28N4O4. The van der Waals surface area contributed by atoms with Crippen LogP contribution in [0.25, 0.3) is 0 Å². The molecule has 0 aromatic carbocycles. The molecule has 3 rings (SSSR count). The van der Waals surface area contributed by atoms with Crippen LogP contribution in [0.2, 0.25) is 0 Å². The first kappa shape index (κ1) is 19.5. The number of piperidine rings is 2. The molecule has 2 saturated heterocycles. The Kier molecular flexibility index (Phi) is 6.26. The Bertz CT molecular complexity index is 734. The summed E-state index contributed by atoms with van der Waals surface area (Å²) in [6.45, 7) is 3.40. The number of nitrogens with zero attached hydrogens (tertiary/aromatic N) is 4. The minimum Gasteiger partial charge on any atom is -0.385 e. The number of amides is 2. The van der Waals surface area contributed by atoms with Crippen molar-refractivity contribution in [3.8, 4) is 0 Å². The van der Waals surface area contributed by atoms with E-state index in [1.54, 1.807) is 19.4 Å². The van der Waals surface area contributed by atoms with Crippen LogP contribution in [0.4, 0.5) is 0 Å². The maximum atomic E-state index is 12.7. The van der Waals surface area contributed by atoms with Crippen molar-refractivity contribution in [1.82, 2.24) is 19.4 Å². The quantitative estimate of drug-likeness (QED) is 0.676. The van der Waals surface area contributed by atoms with Crippen LogP contribution in [-0.2, 0) is 20.9 Å². The Morgan fingerprint density at radius 1 is 1.30 bits per heavy atom. The van der Waals surface area contributed by atoms with E-state index >= 15 is 0 Å². The molecule has 0 radical (unpaired) electrons. The zero-order valence-electron chi connectivity index (χ0n) is 15.9. The van der Waals surface area contributed by atoms with Crippen LogP contribution >= 0.6 is 0 Å². The van der Waals surface area contributed by atoms with Gasteiger partial charge < -0.3 is 14.5 Å². The Hall–Kier alpha value is -2.22. The fraction of sp³-hybridized carbons (Fsp3) is 0.684. The summed E-state index contributed by atoms with van der Waals surface area (Å²) in [5.41, 5.74) is -0.445. The Labute approximate surface area is 159 Å². The van der Waals surface area contributed by atoms with E-state index in [1.165, 1.54) is 10.8 Å². The molecule has 27 heavy (non-hydrogen) atoms. The molecule has 8 nitrogen and oxygen atoms in total. The first-order chi connectivity index (χ1) is 13.0. The average Bonchev–Trinajstić information content (AvgIpc) is 2.67. The molecule has 1 atom stereocenters. The number of methoxy groups -OCH3 is 1. The van der Waals surface area contributed by atoms with Crippen LogP contribution in [0.5, 0.6) is 0 Å². The summed E-state index contributed by atoms with van der Waals surface area (Å²) in [7, 11) is 1.66. The topological polar surface area (TPSA) is 84.7 Å². The van der Waals surface area contributed by atoms with E-state index in [1.807, 2.05) is 9.80 Å². The number of likely N-dealkylation sites (tertiary alicyclic amines) is 2. The number of hydrogen-bond donors (Lipinski definition) is 0. The molecule has 8 heteroatoms. The van der Waals surface area contributed by atoms with Gasteiger partial charge >= 0.3 is 5.69 Å². The van der Waals surface area contributed by atoms with Crippen molar-refractivity contribution in [2.45, 2.75) is 38.6 Å². The van der Waals surface area contributed by atoms with Gasteiger partial charge in [0.25, 0.3) is 0 Å². The van der Waals surface area contributed by atoms with Gasteiger partial charge in [0.15, 0.2) is 0 Å². The maximum absolute atomic E-state index is 12.7. The van der Waals surface area contributed by atoms with E-state index < -0.39 is 5.69 Å². The van der Waals surface area contributed by atoms with Crippen molar-refractivity contribution < 1.29 is 14.3 Å². The summed E-state index contributed by atoms with van der Waals surface area (Å²) in [5, 5.41) is 0. The molecule has 1 aromatic rings. The number of rotatable bonds is 6. The van der Waals surface area contributed by atoms with Crippen molar-refractivity contribution in [3.05, 3.63) is 28.9 Å². The third-order valence-electron chi connectivity index (χ3n) is 5.63. The number of carbonyl (C=O) groups is 2. The van der Waals surface area contributed by atoms with Gasteiger partial charge in [0.05, 0.1) is 0 Å². The fourth-order valence-corrected chi connectivity index (χ4v) is 4.21. The summed E-state index contributed by atoms with van der Waals surface area (Å²) < 4.78 is 6.43. The van der Waals surface area contributed by atoms with Gasteiger partial charge in [-0.25, -0.2) is 9.78 Å². The van der Waals surface area contributed by atoms with Gasteiger partial charge in [0, 0.05) is 64.1 Å². The molecule has 1 spiro atoms. The molecule has 0 bridgehead atoms. The third kappa shape index (κ3) is 4.74. The molecule has 1 aromatic heterocycles. The first-order valence-electron chi connectivity index (χ1n) is 9.59. The lowest BCUT2D eigenvalue weighted by Gasteiger charge is -2.48. The summed E-state index contributed by atoms with van der Waals surface area (Å²) >= 11 is 0. The molecule has 2 amide bonds. The largest absolute Gasteiger partial charge is 0.385 e. The van der Waals surface area contributed by atoms with Crippen LogP contribution in [0.1, 0.15) is 32.1 Å². The van der Waals surface area contributed by atoms with Crippen molar-refractivity contribution in [1.29, 1.82) is 0 Å². The van der Waals surface area contributed by atoms with Crippen molar-refractivity contribution in [2.75, 3.05) is 39.9 Å². The standard InChI is InChI=1S/C19H28N4O4/c1-27-12-4-11-22-14-19(7-5-16(22)24)6-2-9-23(15-19)17(25)13-21-10-3-8-20-18(21)26/h3,8,10H,2,4-7,9,11-15H2,1H3. The highest BCUT2D eigenvalue weighted by Crippen LogP contribution is 2.39. The third-order valence-corrected chi connectivity index (χ3v) is 5.63. The van der Waals surface area contributed by atoms with Crippen LogP contribution in [0.3, 0.4) is 0 Å². The van der Waals surface area contributed by atoms with E-state index in [4.69, 9.17) is 4.74 Å². The summed E-state index contributed by atoms with van der Waals surface area (Å²) in [6, 6.07) is 1.65. The zero-order chi connectivity index (χ0) is 19.3. The molecule has 148 valence electrons. The zero-order valence-corrected chi connectivity index (χ0v) is 15.9.